The first-order valence-corrected chi connectivity index (χ1v) is 8.74. The number of nitrogens with one attached hydrogen (secondary N) is 2. The van der Waals surface area contributed by atoms with Gasteiger partial charge in [-0.15, -0.1) is 0 Å². The number of carbonyl (C=O) groups is 3. The maximum Gasteiger partial charge on any atom is 0.255 e. The molecule has 8 heteroatoms. The molecule has 1 fully saturated rings. The van der Waals surface area contributed by atoms with Crippen LogP contribution >= 0.6 is 0 Å². The summed E-state index contributed by atoms with van der Waals surface area (Å²) >= 11 is 0. The lowest BCUT2D eigenvalue weighted by atomic mass is 10.0. The van der Waals surface area contributed by atoms with Crippen molar-refractivity contribution < 1.29 is 19.1 Å². The predicted molar refractivity (Wildman–Crippen MR) is 94.0 cm³/mol. The van der Waals surface area contributed by atoms with Crippen LogP contribution < -0.4 is 16.4 Å². The van der Waals surface area contributed by atoms with E-state index in [4.69, 9.17) is 10.5 Å². The van der Waals surface area contributed by atoms with E-state index in [2.05, 4.69) is 10.6 Å². The van der Waals surface area contributed by atoms with Crippen molar-refractivity contribution in [2.45, 2.75) is 38.1 Å². The fourth-order valence-corrected chi connectivity index (χ4v) is 3.47. The monoisotopic (exact) mass is 360 g/mol. The second-order valence-corrected chi connectivity index (χ2v) is 6.58. The van der Waals surface area contributed by atoms with Gasteiger partial charge in [-0.05, 0) is 17.5 Å². The molecule has 1 aromatic rings. The normalized spacial score (nSPS) is 20.9. The zero-order chi connectivity index (χ0) is 18.7. The number of amides is 3. The summed E-state index contributed by atoms with van der Waals surface area (Å²) in [5.41, 5.74) is 8.04. The van der Waals surface area contributed by atoms with Crippen LogP contribution in [0.3, 0.4) is 0 Å². The van der Waals surface area contributed by atoms with E-state index in [1.54, 1.807) is 12.0 Å². The van der Waals surface area contributed by atoms with Gasteiger partial charge in [-0.25, -0.2) is 0 Å². The van der Waals surface area contributed by atoms with E-state index in [-0.39, 0.29) is 24.3 Å². The molecule has 0 aromatic heterocycles. The van der Waals surface area contributed by atoms with E-state index in [9.17, 15) is 14.4 Å². The third kappa shape index (κ3) is 3.62. The second kappa shape index (κ2) is 7.94. The van der Waals surface area contributed by atoms with E-state index in [1.165, 1.54) is 0 Å². The number of carbonyl (C=O) groups excluding carboxylic acids is 3. The molecule has 1 aromatic carbocycles. The van der Waals surface area contributed by atoms with Crippen LogP contribution in [0.1, 0.15) is 34.3 Å². The zero-order valence-electron chi connectivity index (χ0n) is 14.8. The van der Waals surface area contributed by atoms with Crippen LogP contribution in [-0.4, -0.2) is 55.0 Å². The number of nitrogens with zero attached hydrogens (tertiary/aromatic N) is 1. The summed E-state index contributed by atoms with van der Waals surface area (Å²) in [6, 6.07) is 5.12. The lowest BCUT2D eigenvalue weighted by molar-refractivity contribution is -0.136. The summed E-state index contributed by atoms with van der Waals surface area (Å²) in [4.78, 5) is 38.0. The smallest absolute Gasteiger partial charge is 0.255 e. The minimum Gasteiger partial charge on any atom is -0.379 e. The molecule has 3 rings (SSSR count). The molecule has 2 aliphatic heterocycles. The number of nitrogens with two attached hydrogens (primary N) is 1. The van der Waals surface area contributed by atoms with Crippen molar-refractivity contribution in [3.63, 3.8) is 0 Å². The van der Waals surface area contributed by atoms with Gasteiger partial charge in [0.15, 0.2) is 0 Å². The summed E-state index contributed by atoms with van der Waals surface area (Å²) in [7, 11) is 1.61. The van der Waals surface area contributed by atoms with Crippen molar-refractivity contribution >= 4 is 17.7 Å². The Morgan fingerprint density at radius 2 is 2.19 bits per heavy atom. The van der Waals surface area contributed by atoms with Crippen molar-refractivity contribution in [2.75, 3.05) is 20.2 Å². The van der Waals surface area contributed by atoms with Crippen LogP contribution in [0.15, 0.2) is 18.2 Å². The molecule has 3 amide bonds. The third-order valence-corrected chi connectivity index (χ3v) is 4.92. The van der Waals surface area contributed by atoms with Gasteiger partial charge in [-0.2, -0.15) is 0 Å². The number of imide groups is 1. The molecule has 8 nitrogen and oxygen atoms in total. The summed E-state index contributed by atoms with van der Waals surface area (Å²) in [6.07, 6.45) is 0.536. The fourth-order valence-electron chi connectivity index (χ4n) is 3.47. The second-order valence-electron chi connectivity index (χ2n) is 6.58. The van der Waals surface area contributed by atoms with E-state index in [0.29, 0.717) is 38.2 Å². The summed E-state index contributed by atoms with van der Waals surface area (Å²) in [6.45, 7) is 1.90. The van der Waals surface area contributed by atoms with E-state index >= 15 is 0 Å². The standard InChI is InChI=1S/C18H24N4O4/c1-26-13(7-19)9-20-8-11-3-2-4-12-10-22(18(25)16(11)12)14-5-6-15(23)21-17(14)24/h2-4,13-14,20H,5-10,19H2,1H3,(H,21,23,24). The van der Waals surface area contributed by atoms with Gasteiger partial charge < -0.3 is 20.7 Å². The summed E-state index contributed by atoms with van der Waals surface area (Å²) in [5.74, 6) is -0.838. The number of methoxy groups -OCH3 is 1. The zero-order valence-corrected chi connectivity index (χ0v) is 14.8. The Balaban J connectivity index is 1.72. The Labute approximate surface area is 152 Å². The number of rotatable bonds is 7. The molecule has 140 valence electrons. The van der Waals surface area contributed by atoms with Gasteiger partial charge in [0.25, 0.3) is 5.91 Å². The Morgan fingerprint density at radius 3 is 2.88 bits per heavy atom. The molecular formula is C18H24N4O4. The Kier molecular flexibility index (Phi) is 5.65. The summed E-state index contributed by atoms with van der Waals surface area (Å²) in [5, 5.41) is 5.58. The molecule has 0 bridgehead atoms. The lowest BCUT2D eigenvalue weighted by Gasteiger charge is -2.29. The van der Waals surface area contributed by atoms with Gasteiger partial charge in [-0.1, -0.05) is 18.2 Å². The van der Waals surface area contributed by atoms with E-state index < -0.39 is 11.9 Å². The number of fused-ring (bicyclic) bond motifs is 1. The molecular weight excluding hydrogens is 336 g/mol. The molecule has 1 saturated heterocycles. The molecule has 26 heavy (non-hydrogen) atoms. The van der Waals surface area contributed by atoms with Gasteiger partial charge in [0.05, 0.1) is 6.10 Å². The van der Waals surface area contributed by atoms with Gasteiger partial charge >= 0.3 is 0 Å². The molecule has 2 atom stereocenters. The largest absolute Gasteiger partial charge is 0.379 e. The number of ether oxygens (including phenoxy) is 1. The van der Waals surface area contributed by atoms with Crippen molar-refractivity contribution in [1.29, 1.82) is 0 Å². The van der Waals surface area contributed by atoms with Gasteiger partial charge in [-0.3, -0.25) is 19.7 Å². The number of piperidine rings is 1. The van der Waals surface area contributed by atoms with Gasteiger partial charge in [0.1, 0.15) is 6.04 Å². The molecule has 0 spiro atoms. The number of hydrogen-bond acceptors (Lipinski definition) is 6. The van der Waals surface area contributed by atoms with Gasteiger partial charge in [0.2, 0.25) is 11.8 Å². The minimum atomic E-state index is -0.594. The van der Waals surface area contributed by atoms with Crippen molar-refractivity contribution in [3.05, 3.63) is 34.9 Å². The quantitative estimate of drug-likeness (QED) is 0.566. The van der Waals surface area contributed by atoms with Gasteiger partial charge in [0, 0.05) is 45.3 Å². The molecule has 0 saturated carbocycles. The first-order chi connectivity index (χ1) is 12.5. The number of benzene rings is 1. The minimum absolute atomic E-state index is 0.0811. The van der Waals surface area contributed by atoms with Crippen LogP contribution in [0.4, 0.5) is 0 Å². The highest BCUT2D eigenvalue weighted by Gasteiger charge is 2.39. The van der Waals surface area contributed by atoms with Crippen LogP contribution in [-0.2, 0) is 27.4 Å². The Morgan fingerprint density at radius 1 is 1.38 bits per heavy atom. The van der Waals surface area contributed by atoms with Crippen molar-refractivity contribution in [2.24, 2.45) is 5.73 Å². The lowest BCUT2D eigenvalue weighted by Crippen LogP contribution is -2.52. The van der Waals surface area contributed by atoms with E-state index in [1.807, 2.05) is 18.2 Å². The highest BCUT2D eigenvalue weighted by atomic mass is 16.5. The van der Waals surface area contributed by atoms with Crippen LogP contribution in [0, 0.1) is 0 Å². The SMILES string of the molecule is COC(CN)CNCc1cccc2c1C(=O)N(C1CCC(=O)NC1=O)C2. The average Bonchev–Trinajstić information content (AvgIpc) is 2.96. The molecule has 0 radical (unpaired) electrons. The van der Waals surface area contributed by atoms with E-state index in [0.717, 1.165) is 11.1 Å². The Bertz CT molecular complexity index is 717. The predicted octanol–water partition coefficient (Wildman–Crippen LogP) is -0.489. The Hall–Kier alpha value is -2.29. The fraction of sp³-hybridized carbons (Fsp3) is 0.500. The molecule has 0 aliphatic carbocycles. The van der Waals surface area contributed by atoms with Crippen LogP contribution in [0.2, 0.25) is 0 Å². The molecule has 2 heterocycles. The maximum absolute atomic E-state index is 12.9. The topological polar surface area (TPSA) is 114 Å². The highest BCUT2D eigenvalue weighted by Crippen LogP contribution is 2.29. The highest BCUT2D eigenvalue weighted by molar-refractivity contribution is 6.05. The molecule has 4 N–H and O–H groups in total. The summed E-state index contributed by atoms with van der Waals surface area (Å²) < 4.78 is 5.23. The molecule has 2 aliphatic rings. The van der Waals surface area contributed by atoms with Crippen LogP contribution in [0.5, 0.6) is 0 Å². The third-order valence-electron chi connectivity index (χ3n) is 4.92. The molecule has 2 unspecified atom stereocenters. The first kappa shape index (κ1) is 18.5. The van der Waals surface area contributed by atoms with Crippen LogP contribution in [0.25, 0.3) is 0 Å². The van der Waals surface area contributed by atoms with Crippen molar-refractivity contribution in [3.8, 4) is 0 Å². The number of hydrogen-bond donors (Lipinski definition) is 3. The average molecular weight is 360 g/mol. The first-order valence-electron chi connectivity index (χ1n) is 8.74. The maximum atomic E-state index is 12.9. The van der Waals surface area contributed by atoms with Crippen molar-refractivity contribution in [1.82, 2.24) is 15.5 Å².